The van der Waals surface area contributed by atoms with Crippen LogP contribution < -0.4 is 0 Å². The monoisotopic (exact) mass is 394 g/mol. The van der Waals surface area contributed by atoms with Crippen molar-refractivity contribution in [1.29, 1.82) is 0 Å². The lowest BCUT2D eigenvalue weighted by Gasteiger charge is -2.26. The average molecular weight is 396 g/mol. The minimum absolute atomic E-state index is 0.109. The molecule has 2 rings (SSSR count). The van der Waals surface area contributed by atoms with E-state index in [4.69, 9.17) is 23.2 Å². The molecule has 0 fully saturated rings. The number of rotatable bonds is 3. The second-order valence-corrected chi connectivity index (χ2v) is 6.60. The molecule has 21 heavy (non-hydrogen) atoms. The smallest absolute Gasteiger partial charge is 0.142 e. The van der Waals surface area contributed by atoms with Gasteiger partial charge < -0.3 is 5.11 Å². The lowest BCUT2D eigenvalue weighted by molar-refractivity contribution is 0.0572. The molecule has 0 aliphatic rings. The first-order chi connectivity index (χ1) is 9.70. The molecule has 0 amide bonds. The molecule has 0 aromatic heterocycles. The van der Waals surface area contributed by atoms with Crippen LogP contribution in [0.5, 0.6) is 0 Å². The van der Waals surface area contributed by atoms with E-state index < -0.39 is 11.4 Å². The molecule has 1 atom stereocenters. The summed E-state index contributed by atoms with van der Waals surface area (Å²) in [5.74, 6) is -1.05. The van der Waals surface area contributed by atoms with Crippen LogP contribution >= 0.6 is 39.1 Å². The van der Waals surface area contributed by atoms with Crippen LogP contribution in [0, 0.1) is 11.6 Å². The van der Waals surface area contributed by atoms with Gasteiger partial charge in [-0.2, -0.15) is 0 Å². The third-order valence-corrected chi connectivity index (χ3v) is 4.48. The zero-order chi connectivity index (χ0) is 15.8. The predicted octanol–water partition coefficient (Wildman–Crippen LogP) is 5.48. The van der Waals surface area contributed by atoms with Gasteiger partial charge in [0.15, 0.2) is 0 Å². The maximum absolute atomic E-state index is 13.6. The fourth-order valence-corrected chi connectivity index (χ4v) is 3.14. The Balaban J connectivity index is 2.40. The minimum Gasteiger partial charge on any atom is -0.385 e. The van der Waals surface area contributed by atoms with E-state index in [0.29, 0.717) is 10.0 Å². The number of benzene rings is 2. The highest BCUT2D eigenvalue weighted by Crippen LogP contribution is 2.35. The molecule has 0 saturated heterocycles. The van der Waals surface area contributed by atoms with Crippen molar-refractivity contribution >= 4 is 39.1 Å². The quantitative estimate of drug-likeness (QED) is 0.681. The summed E-state index contributed by atoms with van der Waals surface area (Å²) in [7, 11) is 0. The van der Waals surface area contributed by atoms with E-state index in [0.717, 1.165) is 6.07 Å². The Morgan fingerprint density at radius 2 is 1.81 bits per heavy atom. The second kappa shape index (κ2) is 6.21. The van der Waals surface area contributed by atoms with Crippen LogP contribution in [0.1, 0.15) is 18.1 Å². The summed E-state index contributed by atoms with van der Waals surface area (Å²) >= 11 is 14.9. The molecule has 1 N–H and O–H groups in total. The predicted molar refractivity (Wildman–Crippen MR) is 83.8 cm³/mol. The van der Waals surface area contributed by atoms with Crippen LogP contribution in [0.2, 0.25) is 10.0 Å². The standard InChI is InChI=1S/C15H11BrCl2F2O/c1-15(21,7-8-2-3-9(19)4-11(8)16)10-5-14(20)13(18)6-12(10)17/h2-6,21H,7H2,1H3. The molecule has 1 unspecified atom stereocenters. The fraction of sp³-hybridized carbons (Fsp3) is 0.200. The number of aliphatic hydroxyl groups is 1. The first-order valence-electron chi connectivity index (χ1n) is 6.02. The van der Waals surface area contributed by atoms with Crippen LogP contribution in [0.25, 0.3) is 0 Å². The molecule has 6 heteroatoms. The molecular weight excluding hydrogens is 385 g/mol. The maximum Gasteiger partial charge on any atom is 0.142 e. The van der Waals surface area contributed by atoms with E-state index in [-0.39, 0.29) is 27.8 Å². The third kappa shape index (κ3) is 3.75. The van der Waals surface area contributed by atoms with Gasteiger partial charge in [0, 0.05) is 21.5 Å². The molecular formula is C15H11BrCl2F2O. The Hall–Kier alpha value is -0.680. The van der Waals surface area contributed by atoms with Gasteiger partial charge in [-0.15, -0.1) is 0 Å². The van der Waals surface area contributed by atoms with E-state index in [2.05, 4.69) is 15.9 Å². The van der Waals surface area contributed by atoms with Crippen molar-refractivity contribution in [2.24, 2.45) is 0 Å². The molecule has 0 spiro atoms. The van der Waals surface area contributed by atoms with Crippen LogP contribution in [0.3, 0.4) is 0 Å². The van der Waals surface area contributed by atoms with E-state index in [1.165, 1.54) is 25.1 Å². The van der Waals surface area contributed by atoms with Gasteiger partial charge in [0.1, 0.15) is 11.6 Å². The van der Waals surface area contributed by atoms with Crippen molar-refractivity contribution in [2.45, 2.75) is 18.9 Å². The van der Waals surface area contributed by atoms with Gasteiger partial charge in [0.2, 0.25) is 0 Å². The fourth-order valence-electron chi connectivity index (χ4n) is 2.07. The summed E-state index contributed by atoms with van der Waals surface area (Å²) in [4.78, 5) is 0. The van der Waals surface area contributed by atoms with Crippen LogP contribution in [0.15, 0.2) is 34.8 Å². The molecule has 0 aliphatic heterocycles. The lowest BCUT2D eigenvalue weighted by atomic mass is 9.89. The molecule has 112 valence electrons. The van der Waals surface area contributed by atoms with Gasteiger partial charge in [-0.25, -0.2) is 8.78 Å². The molecule has 0 bridgehead atoms. The van der Waals surface area contributed by atoms with Crippen molar-refractivity contribution in [3.8, 4) is 0 Å². The zero-order valence-corrected chi connectivity index (χ0v) is 14.0. The normalized spacial score (nSPS) is 14.0. The highest BCUT2D eigenvalue weighted by molar-refractivity contribution is 9.10. The Morgan fingerprint density at radius 1 is 1.14 bits per heavy atom. The first-order valence-corrected chi connectivity index (χ1v) is 7.57. The number of hydrogen-bond donors (Lipinski definition) is 1. The Bertz CT molecular complexity index is 690. The maximum atomic E-state index is 13.6. The summed E-state index contributed by atoms with van der Waals surface area (Å²) in [6.07, 6.45) is 0.134. The Kier molecular flexibility index (Phi) is 4.93. The van der Waals surface area contributed by atoms with Crippen molar-refractivity contribution in [3.05, 3.63) is 67.6 Å². The number of hydrogen-bond acceptors (Lipinski definition) is 1. The van der Waals surface area contributed by atoms with E-state index in [9.17, 15) is 13.9 Å². The second-order valence-electron chi connectivity index (χ2n) is 4.93. The first kappa shape index (κ1) is 16.7. The molecule has 1 nitrogen and oxygen atoms in total. The lowest BCUT2D eigenvalue weighted by Crippen LogP contribution is -2.25. The molecule has 0 radical (unpaired) electrons. The largest absolute Gasteiger partial charge is 0.385 e. The van der Waals surface area contributed by atoms with Gasteiger partial charge in [0.25, 0.3) is 0 Å². The topological polar surface area (TPSA) is 20.2 Å². The van der Waals surface area contributed by atoms with Crippen molar-refractivity contribution < 1.29 is 13.9 Å². The van der Waals surface area contributed by atoms with E-state index in [1.54, 1.807) is 6.07 Å². The highest BCUT2D eigenvalue weighted by Gasteiger charge is 2.28. The minimum atomic E-state index is -1.43. The molecule has 0 saturated carbocycles. The highest BCUT2D eigenvalue weighted by atomic mass is 79.9. The van der Waals surface area contributed by atoms with Gasteiger partial charge >= 0.3 is 0 Å². The zero-order valence-electron chi connectivity index (χ0n) is 10.9. The molecule has 0 heterocycles. The molecule has 0 aliphatic carbocycles. The Morgan fingerprint density at radius 3 is 2.43 bits per heavy atom. The molecule has 2 aromatic rings. The van der Waals surface area contributed by atoms with E-state index in [1.807, 2.05) is 0 Å². The van der Waals surface area contributed by atoms with Crippen molar-refractivity contribution in [3.63, 3.8) is 0 Å². The van der Waals surface area contributed by atoms with Crippen LogP contribution in [-0.4, -0.2) is 5.11 Å². The van der Waals surface area contributed by atoms with Crippen molar-refractivity contribution in [2.75, 3.05) is 0 Å². The summed E-state index contributed by atoms with van der Waals surface area (Å²) < 4.78 is 27.2. The molecule has 2 aromatic carbocycles. The van der Waals surface area contributed by atoms with Crippen molar-refractivity contribution in [1.82, 2.24) is 0 Å². The summed E-state index contributed by atoms with van der Waals surface area (Å²) in [5, 5.41) is 10.7. The Labute approximate surface area is 139 Å². The summed E-state index contributed by atoms with van der Waals surface area (Å²) in [6.45, 7) is 1.51. The van der Waals surface area contributed by atoms with Gasteiger partial charge in [-0.05, 0) is 36.8 Å². The van der Waals surface area contributed by atoms with Gasteiger partial charge in [-0.3, -0.25) is 0 Å². The summed E-state index contributed by atoms with van der Waals surface area (Å²) in [5.41, 5.74) is -0.529. The SMILES string of the molecule is CC(O)(Cc1ccc(F)cc1Br)c1cc(F)c(Cl)cc1Cl. The summed E-state index contributed by atoms with van der Waals surface area (Å²) in [6, 6.07) is 6.51. The van der Waals surface area contributed by atoms with Crippen LogP contribution in [0.4, 0.5) is 8.78 Å². The van der Waals surface area contributed by atoms with Gasteiger partial charge in [-0.1, -0.05) is 45.2 Å². The average Bonchev–Trinajstić information content (AvgIpc) is 2.37. The third-order valence-electron chi connectivity index (χ3n) is 3.14. The number of halogens is 5. The van der Waals surface area contributed by atoms with Crippen LogP contribution in [-0.2, 0) is 12.0 Å². The van der Waals surface area contributed by atoms with E-state index >= 15 is 0 Å². The van der Waals surface area contributed by atoms with Gasteiger partial charge in [0.05, 0.1) is 10.6 Å².